The van der Waals surface area contributed by atoms with Gasteiger partial charge in [0.15, 0.2) is 0 Å². The minimum absolute atomic E-state index is 0.0143. The Hall–Kier alpha value is -1.46. The molecule has 0 spiro atoms. The first-order valence-corrected chi connectivity index (χ1v) is 6.61. The normalized spacial score (nSPS) is 21.8. The lowest BCUT2D eigenvalue weighted by Crippen LogP contribution is -2.35. The maximum Gasteiger partial charge on any atom is 0.271 e. The number of aromatic nitrogens is 2. The molecule has 0 aromatic carbocycles. The third-order valence-corrected chi connectivity index (χ3v) is 3.54. The number of hydrogen-bond donors (Lipinski definition) is 1. The molecule has 106 valence electrons. The van der Waals surface area contributed by atoms with Gasteiger partial charge in [-0.05, 0) is 32.8 Å². The minimum atomic E-state index is -2.65. The number of nitrogens with one attached hydrogen (secondary N) is 1. The monoisotopic (exact) mass is 271 g/mol. The topological polar surface area (TPSA) is 46.9 Å². The summed E-state index contributed by atoms with van der Waals surface area (Å²) in [5.74, 6) is -3.78. The zero-order chi connectivity index (χ0) is 14.0. The van der Waals surface area contributed by atoms with Gasteiger partial charge in [0, 0.05) is 31.1 Å². The van der Waals surface area contributed by atoms with Crippen molar-refractivity contribution in [3.63, 3.8) is 0 Å². The van der Waals surface area contributed by atoms with Crippen LogP contribution >= 0.6 is 0 Å². The van der Waals surface area contributed by atoms with Gasteiger partial charge in [-0.15, -0.1) is 0 Å². The van der Waals surface area contributed by atoms with Crippen LogP contribution in [0.5, 0.6) is 0 Å². The van der Waals surface area contributed by atoms with Crippen LogP contribution in [0.15, 0.2) is 12.3 Å². The Balaban J connectivity index is 1.90. The predicted octanol–water partition coefficient (Wildman–Crippen LogP) is 2.63. The van der Waals surface area contributed by atoms with Crippen molar-refractivity contribution in [2.24, 2.45) is 5.92 Å². The highest BCUT2D eigenvalue weighted by atomic mass is 19.3. The highest BCUT2D eigenvalue weighted by molar-refractivity contribution is 5.92. The average Bonchev–Trinajstić information content (AvgIpc) is 2.92. The first kappa shape index (κ1) is 14.0. The Morgan fingerprint density at radius 1 is 1.63 bits per heavy atom. The van der Waals surface area contributed by atoms with Crippen molar-refractivity contribution < 1.29 is 13.6 Å². The Labute approximate surface area is 111 Å². The number of nitrogens with zero attached hydrogens (tertiary/aromatic N) is 2. The lowest BCUT2D eigenvalue weighted by Gasteiger charge is -2.18. The van der Waals surface area contributed by atoms with Crippen LogP contribution in [0.3, 0.4) is 0 Å². The van der Waals surface area contributed by atoms with E-state index in [-0.39, 0.29) is 30.6 Å². The van der Waals surface area contributed by atoms with Crippen molar-refractivity contribution in [3.05, 3.63) is 18.0 Å². The smallest absolute Gasteiger partial charge is 0.271 e. The van der Waals surface area contributed by atoms with Crippen LogP contribution in [0.1, 0.15) is 49.6 Å². The van der Waals surface area contributed by atoms with Crippen LogP contribution < -0.4 is 5.32 Å². The van der Waals surface area contributed by atoms with Crippen LogP contribution in [-0.2, 0) is 0 Å². The number of hydrogen-bond acceptors (Lipinski definition) is 2. The third kappa shape index (κ3) is 3.11. The van der Waals surface area contributed by atoms with Crippen molar-refractivity contribution >= 4 is 5.91 Å². The quantitative estimate of drug-likeness (QED) is 0.915. The maximum absolute atomic E-state index is 13.4. The largest absolute Gasteiger partial charge is 0.350 e. The van der Waals surface area contributed by atoms with E-state index < -0.39 is 11.8 Å². The summed E-state index contributed by atoms with van der Waals surface area (Å²) in [5.41, 5.74) is 0.273. The van der Waals surface area contributed by atoms with E-state index in [0.29, 0.717) is 12.8 Å². The molecule has 1 fully saturated rings. The molecule has 19 heavy (non-hydrogen) atoms. The second-order valence-electron chi connectivity index (χ2n) is 5.33. The van der Waals surface area contributed by atoms with E-state index in [0.717, 1.165) is 0 Å². The number of amides is 1. The lowest BCUT2D eigenvalue weighted by molar-refractivity contribution is -0.0352. The minimum Gasteiger partial charge on any atom is -0.350 e. The van der Waals surface area contributed by atoms with Gasteiger partial charge in [0.05, 0.1) is 0 Å². The second-order valence-corrected chi connectivity index (χ2v) is 5.33. The van der Waals surface area contributed by atoms with E-state index in [1.54, 1.807) is 16.9 Å². The molecule has 1 amide bonds. The zero-order valence-electron chi connectivity index (χ0n) is 11.2. The number of rotatable bonds is 4. The van der Waals surface area contributed by atoms with Crippen molar-refractivity contribution in [1.29, 1.82) is 0 Å². The Morgan fingerprint density at radius 2 is 2.37 bits per heavy atom. The number of alkyl halides is 2. The maximum atomic E-state index is 13.4. The fourth-order valence-electron chi connectivity index (χ4n) is 2.30. The molecular weight excluding hydrogens is 252 g/mol. The van der Waals surface area contributed by atoms with Gasteiger partial charge < -0.3 is 5.32 Å². The molecule has 0 saturated heterocycles. The molecule has 6 heteroatoms. The first-order valence-electron chi connectivity index (χ1n) is 6.61. The fraction of sp³-hybridized carbons (Fsp3) is 0.692. The van der Waals surface area contributed by atoms with Gasteiger partial charge in [-0.25, -0.2) is 8.78 Å². The lowest BCUT2D eigenvalue weighted by atomic mass is 10.1. The second kappa shape index (κ2) is 5.27. The van der Waals surface area contributed by atoms with Crippen LogP contribution in [-0.4, -0.2) is 28.2 Å². The molecule has 0 unspecified atom stereocenters. The molecule has 1 heterocycles. The summed E-state index contributed by atoms with van der Waals surface area (Å²) in [7, 11) is 0. The number of halogens is 2. The van der Waals surface area contributed by atoms with Gasteiger partial charge >= 0.3 is 0 Å². The van der Waals surface area contributed by atoms with Crippen LogP contribution in [0.25, 0.3) is 0 Å². The molecular formula is C13H19F2N3O. The molecule has 1 aliphatic carbocycles. The SMILES string of the molecule is CC(C)n1ccc(C(=O)NC[C@H]2CCCC2(F)F)n1. The molecule has 1 saturated carbocycles. The Kier molecular flexibility index (Phi) is 3.87. The fourth-order valence-corrected chi connectivity index (χ4v) is 2.30. The summed E-state index contributed by atoms with van der Waals surface area (Å²) in [6, 6.07) is 1.77. The van der Waals surface area contributed by atoms with Gasteiger partial charge in [0.1, 0.15) is 5.69 Å². The Morgan fingerprint density at radius 3 is 2.89 bits per heavy atom. The summed E-state index contributed by atoms with van der Waals surface area (Å²) in [4.78, 5) is 11.8. The molecule has 1 aromatic heterocycles. The van der Waals surface area contributed by atoms with Gasteiger partial charge in [-0.1, -0.05) is 0 Å². The average molecular weight is 271 g/mol. The van der Waals surface area contributed by atoms with Crippen molar-refractivity contribution in [2.75, 3.05) is 6.54 Å². The zero-order valence-corrected chi connectivity index (χ0v) is 11.2. The van der Waals surface area contributed by atoms with Gasteiger partial charge in [0.2, 0.25) is 0 Å². The molecule has 0 bridgehead atoms. The third-order valence-electron chi connectivity index (χ3n) is 3.54. The molecule has 0 radical (unpaired) electrons. The highest BCUT2D eigenvalue weighted by Gasteiger charge is 2.43. The van der Waals surface area contributed by atoms with E-state index in [1.807, 2.05) is 13.8 Å². The van der Waals surface area contributed by atoms with E-state index >= 15 is 0 Å². The van der Waals surface area contributed by atoms with Crippen LogP contribution in [0.4, 0.5) is 8.78 Å². The summed E-state index contributed by atoms with van der Waals surface area (Å²) >= 11 is 0. The van der Waals surface area contributed by atoms with Gasteiger partial charge in [-0.2, -0.15) is 5.10 Å². The highest BCUT2D eigenvalue weighted by Crippen LogP contribution is 2.39. The molecule has 0 aliphatic heterocycles. The van der Waals surface area contributed by atoms with Crippen molar-refractivity contribution in [3.8, 4) is 0 Å². The molecule has 1 N–H and O–H groups in total. The predicted molar refractivity (Wildman–Crippen MR) is 67.2 cm³/mol. The van der Waals surface area contributed by atoms with E-state index in [2.05, 4.69) is 10.4 Å². The Bertz CT molecular complexity index is 456. The first-order chi connectivity index (χ1) is 8.90. The molecule has 1 aromatic rings. The molecule has 4 nitrogen and oxygen atoms in total. The van der Waals surface area contributed by atoms with E-state index in [9.17, 15) is 13.6 Å². The number of carbonyl (C=O) groups excluding carboxylic acids is 1. The van der Waals surface area contributed by atoms with Gasteiger partial charge in [-0.3, -0.25) is 9.48 Å². The standard InChI is InChI=1S/C13H19F2N3O/c1-9(2)18-7-5-11(17-18)12(19)16-8-10-4-3-6-13(10,14)15/h5,7,9-10H,3-4,6,8H2,1-2H3,(H,16,19)/t10-/m1/s1. The molecule has 1 aliphatic rings. The summed E-state index contributed by atoms with van der Waals surface area (Å²) < 4.78 is 28.5. The number of carbonyl (C=O) groups is 1. The molecule has 2 rings (SSSR count). The molecule has 1 atom stereocenters. The van der Waals surface area contributed by atoms with E-state index in [1.165, 1.54) is 0 Å². The van der Waals surface area contributed by atoms with Crippen LogP contribution in [0, 0.1) is 5.92 Å². The van der Waals surface area contributed by atoms with Crippen molar-refractivity contribution in [2.45, 2.75) is 45.1 Å². The summed E-state index contributed by atoms with van der Waals surface area (Å²) in [5, 5.41) is 6.66. The summed E-state index contributed by atoms with van der Waals surface area (Å²) in [6.07, 6.45) is 2.63. The van der Waals surface area contributed by atoms with Crippen LogP contribution in [0.2, 0.25) is 0 Å². The summed E-state index contributed by atoms with van der Waals surface area (Å²) in [6.45, 7) is 3.92. The van der Waals surface area contributed by atoms with Crippen molar-refractivity contribution in [1.82, 2.24) is 15.1 Å². The van der Waals surface area contributed by atoms with E-state index in [4.69, 9.17) is 0 Å². The van der Waals surface area contributed by atoms with Gasteiger partial charge in [0.25, 0.3) is 11.8 Å².